The summed E-state index contributed by atoms with van der Waals surface area (Å²) in [5, 5.41) is 4.50. The number of H-pyrrole nitrogens is 1. The lowest BCUT2D eigenvalue weighted by atomic mass is 10.0. The van der Waals surface area contributed by atoms with Crippen molar-refractivity contribution in [3.63, 3.8) is 0 Å². The predicted octanol–water partition coefficient (Wildman–Crippen LogP) is 3.71. The minimum atomic E-state index is 0.489. The normalized spacial score (nSPS) is 14.1. The van der Waals surface area contributed by atoms with E-state index in [4.69, 9.17) is 15.5 Å². The Morgan fingerprint density at radius 3 is 2.75 bits per heavy atom. The van der Waals surface area contributed by atoms with Crippen LogP contribution in [0.25, 0.3) is 22.2 Å². The molecule has 0 bridgehead atoms. The number of rotatable bonds is 6. The largest absolute Gasteiger partial charge is 0.494 e. The molecule has 0 aliphatic carbocycles. The molecule has 164 valence electrons. The molecule has 2 aromatic heterocycles. The predicted molar refractivity (Wildman–Crippen MR) is 130 cm³/mol. The molecule has 3 heterocycles. The fourth-order valence-corrected chi connectivity index (χ4v) is 4.15. The van der Waals surface area contributed by atoms with E-state index in [9.17, 15) is 0 Å². The van der Waals surface area contributed by atoms with Crippen LogP contribution in [0.1, 0.15) is 0 Å². The zero-order valence-electron chi connectivity index (χ0n) is 18.5. The first-order chi connectivity index (χ1) is 15.5. The molecule has 1 fully saturated rings. The maximum atomic E-state index is 6.40. The summed E-state index contributed by atoms with van der Waals surface area (Å²) in [6, 6.07) is 14.3. The summed E-state index contributed by atoms with van der Waals surface area (Å²) < 4.78 is 5.65. The van der Waals surface area contributed by atoms with Crippen molar-refractivity contribution in [2.45, 2.75) is 6.04 Å². The van der Waals surface area contributed by atoms with Crippen molar-refractivity contribution in [3.05, 3.63) is 54.9 Å². The maximum absolute atomic E-state index is 6.40. The molecule has 8 heteroatoms. The third kappa shape index (κ3) is 3.48. The maximum Gasteiger partial charge on any atom is 0.227 e. The zero-order chi connectivity index (χ0) is 22.2. The molecule has 1 aliphatic rings. The zero-order valence-corrected chi connectivity index (χ0v) is 18.5. The molecular formula is C24H27N7O. The van der Waals surface area contributed by atoms with E-state index in [-0.39, 0.29) is 0 Å². The second-order valence-corrected chi connectivity index (χ2v) is 8.24. The number of nitrogens with zero attached hydrogens (tertiary/aromatic N) is 4. The Hall–Kier alpha value is -3.78. The Bertz CT molecular complexity index is 1260. The summed E-state index contributed by atoms with van der Waals surface area (Å²) in [5.74, 6) is 1.19. The van der Waals surface area contributed by atoms with Crippen LogP contribution in [0.3, 0.4) is 0 Å². The number of ether oxygens (including phenoxy) is 1. The van der Waals surface area contributed by atoms with E-state index in [1.54, 1.807) is 13.3 Å². The van der Waals surface area contributed by atoms with E-state index in [2.05, 4.69) is 51.3 Å². The van der Waals surface area contributed by atoms with Crippen molar-refractivity contribution in [2.75, 3.05) is 50.2 Å². The third-order valence-corrected chi connectivity index (χ3v) is 6.06. The Kier molecular flexibility index (Phi) is 5.07. The highest BCUT2D eigenvalue weighted by molar-refractivity contribution is 5.95. The van der Waals surface area contributed by atoms with Crippen molar-refractivity contribution < 1.29 is 4.74 Å². The number of nitrogens with one attached hydrogen (secondary N) is 2. The van der Waals surface area contributed by atoms with Crippen LogP contribution in [0.5, 0.6) is 5.75 Å². The number of methoxy groups -OCH3 is 1. The van der Waals surface area contributed by atoms with E-state index in [0.717, 1.165) is 46.6 Å². The van der Waals surface area contributed by atoms with Crippen LogP contribution >= 0.6 is 0 Å². The lowest BCUT2D eigenvalue weighted by Crippen LogP contribution is -2.57. The van der Waals surface area contributed by atoms with E-state index < -0.39 is 0 Å². The SMILES string of the molecule is COc1ccc(N)c(N2CC(N(C)C)C2)c1Nc1nccc(-c2c[nH]c3ccccc23)n1. The summed E-state index contributed by atoms with van der Waals surface area (Å²) in [5.41, 5.74) is 11.7. The smallest absolute Gasteiger partial charge is 0.227 e. The van der Waals surface area contributed by atoms with Crippen LogP contribution in [-0.4, -0.2) is 60.2 Å². The standard InChI is InChI=1S/C24H27N7O/c1-30(2)15-13-31(14-15)23-18(25)8-9-21(32-3)22(23)29-24-26-11-10-20(28-24)17-12-27-19-7-5-4-6-16(17)19/h4-12,15,27H,13-14,25H2,1-3H3,(H,26,28,29). The number of benzene rings is 2. The average molecular weight is 430 g/mol. The molecule has 4 N–H and O–H groups in total. The first-order valence-electron chi connectivity index (χ1n) is 10.6. The number of aromatic amines is 1. The average Bonchev–Trinajstić information content (AvgIpc) is 3.19. The Morgan fingerprint density at radius 2 is 1.97 bits per heavy atom. The van der Waals surface area contributed by atoms with Crippen molar-refractivity contribution in [1.29, 1.82) is 0 Å². The van der Waals surface area contributed by atoms with Gasteiger partial charge in [0, 0.05) is 48.0 Å². The summed E-state index contributed by atoms with van der Waals surface area (Å²) in [7, 11) is 5.85. The molecule has 2 aromatic carbocycles. The molecular weight excluding hydrogens is 402 g/mol. The molecule has 0 amide bonds. The van der Waals surface area contributed by atoms with E-state index >= 15 is 0 Å². The van der Waals surface area contributed by atoms with E-state index in [1.807, 2.05) is 36.5 Å². The van der Waals surface area contributed by atoms with Crippen molar-refractivity contribution in [2.24, 2.45) is 0 Å². The van der Waals surface area contributed by atoms with Crippen molar-refractivity contribution in [1.82, 2.24) is 19.9 Å². The molecule has 4 aromatic rings. The molecule has 1 saturated heterocycles. The van der Waals surface area contributed by atoms with Gasteiger partial charge >= 0.3 is 0 Å². The van der Waals surface area contributed by atoms with Crippen molar-refractivity contribution >= 4 is 33.9 Å². The minimum absolute atomic E-state index is 0.489. The van der Waals surface area contributed by atoms with Crippen molar-refractivity contribution in [3.8, 4) is 17.0 Å². The second kappa shape index (κ2) is 8.05. The van der Waals surface area contributed by atoms with Gasteiger partial charge in [-0.3, -0.25) is 0 Å². The summed E-state index contributed by atoms with van der Waals surface area (Å²) in [4.78, 5) is 17.0. The summed E-state index contributed by atoms with van der Waals surface area (Å²) >= 11 is 0. The summed E-state index contributed by atoms with van der Waals surface area (Å²) in [6.07, 6.45) is 3.74. The number of hydrogen-bond acceptors (Lipinski definition) is 7. The second-order valence-electron chi connectivity index (χ2n) is 8.24. The first-order valence-corrected chi connectivity index (χ1v) is 10.6. The summed E-state index contributed by atoms with van der Waals surface area (Å²) in [6.45, 7) is 1.80. The van der Waals surface area contributed by atoms with Crippen LogP contribution < -0.4 is 20.7 Å². The van der Waals surface area contributed by atoms with Gasteiger partial charge in [-0.1, -0.05) is 18.2 Å². The lowest BCUT2D eigenvalue weighted by molar-refractivity contribution is 0.247. The Morgan fingerprint density at radius 1 is 1.16 bits per heavy atom. The number of nitrogens with two attached hydrogens (primary N) is 1. The number of fused-ring (bicyclic) bond motifs is 1. The number of aromatic nitrogens is 3. The molecule has 32 heavy (non-hydrogen) atoms. The van der Waals surface area contributed by atoms with Gasteiger partial charge in [0.1, 0.15) is 11.4 Å². The van der Waals surface area contributed by atoms with Gasteiger partial charge in [0.2, 0.25) is 5.95 Å². The molecule has 0 saturated carbocycles. The van der Waals surface area contributed by atoms with Gasteiger partial charge in [0.05, 0.1) is 24.2 Å². The van der Waals surface area contributed by atoms with Gasteiger partial charge < -0.3 is 30.6 Å². The molecule has 8 nitrogen and oxygen atoms in total. The highest BCUT2D eigenvalue weighted by atomic mass is 16.5. The van der Waals surface area contributed by atoms with Gasteiger partial charge in [-0.25, -0.2) is 9.97 Å². The quantitative estimate of drug-likeness (QED) is 0.402. The van der Waals surface area contributed by atoms with Gasteiger partial charge in [-0.05, 0) is 38.4 Å². The first kappa shape index (κ1) is 20.1. The van der Waals surface area contributed by atoms with Crippen LogP contribution in [0.4, 0.5) is 23.0 Å². The number of hydrogen-bond donors (Lipinski definition) is 3. The van der Waals surface area contributed by atoms with E-state index in [1.165, 1.54) is 0 Å². The minimum Gasteiger partial charge on any atom is -0.494 e. The topological polar surface area (TPSA) is 95.3 Å². The Labute approximate surface area is 187 Å². The molecule has 0 radical (unpaired) electrons. The number of para-hydroxylation sites is 1. The fraction of sp³-hybridized carbons (Fsp3) is 0.250. The Balaban J connectivity index is 1.51. The van der Waals surface area contributed by atoms with Gasteiger partial charge in [0.25, 0.3) is 0 Å². The molecule has 1 aliphatic heterocycles. The molecule has 5 rings (SSSR count). The number of nitrogen functional groups attached to an aromatic ring is 1. The molecule has 0 spiro atoms. The van der Waals surface area contributed by atoms with Gasteiger partial charge in [0.15, 0.2) is 0 Å². The van der Waals surface area contributed by atoms with Crippen LogP contribution in [0.2, 0.25) is 0 Å². The lowest BCUT2D eigenvalue weighted by Gasteiger charge is -2.45. The number of anilines is 4. The molecule has 0 atom stereocenters. The van der Waals surface area contributed by atoms with E-state index in [0.29, 0.717) is 23.4 Å². The van der Waals surface area contributed by atoms with Gasteiger partial charge in [-0.2, -0.15) is 0 Å². The van der Waals surface area contributed by atoms with Crippen LogP contribution in [-0.2, 0) is 0 Å². The van der Waals surface area contributed by atoms with Crippen LogP contribution in [0.15, 0.2) is 54.9 Å². The van der Waals surface area contributed by atoms with Gasteiger partial charge in [-0.15, -0.1) is 0 Å². The monoisotopic (exact) mass is 429 g/mol. The molecule has 0 unspecified atom stereocenters. The third-order valence-electron chi connectivity index (χ3n) is 6.06. The number of likely N-dealkylation sites (N-methyl/N-ethyl adjacent to an activating group) is 1. The highest BCUT2D eigenvalue weighted by Crippen LogP contribution is 2.43. The highest BCUT2D eigenvalue weighted by Gasteiger charge is 2.32. The fourth-order valence-electron chi connectivity index (χ4n) is 4.15. The van der Waals surface area contributed by atoms with Crippen LogP contribution in [0, 0.1) is 0 Å².